The van der Waals surface area contributed by atoms with E-state index in [-0.39, 0.29) is 12.0 Å². The van der Waals surface area contributed by atoms with Crippen LogP contribution in [0.25, 0.3) is 0 Å². The lowest BCUT2D eigenvalue weighted by Gasteiger charge is -2.09. The Kier molecular flexibility index (Phi) is 6.00. The number of rotatable bonds is 4. The molecule has 0 heterocycles. The van der Waals surface area contributed by atoms with E-state index in [0.29, 0.717) is 6.42 Å². The maximum Gasteiger partial charge on any atom is 0.307 e. The van der Waals surface area contributed by atoms with Crippen LogP contribution in [0.4, 0.5) is 0 Å². The number of esters is 1. The van der Waals surface area contributed by atoms with Crippen molar-refractivity contribution in [3.63, 3.8) is 0 Å². The highest BCUT2D eigenvalue weighted by atomic mass is 127. The predicted octanol–water partition coefficient (Wildman–Crippen LogP) is 0.572. The highest BCUT2D eigenvalue weighted by Crippen LogP contribution is 1.97. The average molecular weight is 257 g/mol. The number of halogens is 1. The highest BCUT2D eigenvalue weighted by Gasteiger charge is 2.09. The third-order valence-corrected chi connectivity index (χ3v) is 2.30. The van der Waals surface area contributed by atoms with Gasteiger partial charge in [-0.1, -0.05) is 22.6 Å². The molecule has 0 aromatic heterocycles. The summed E-state index contributed by atoms with van der Waals surface area (Å²) in [5, 5.41) is 3.01. The van der Waals surface area contributed by atoms with Gasteiger partial charge in [-0.05, 0) is 7.05 Å². The SMILES string of the molecule is CN[C@@H](CI)CC(=O)OC. The van der Waals surface area contributed by atoms with Gasteiger partial charge in [-0.2, -0.15) is 0 Å². The van der Waals surface area contributed by atoms with Crippen LogP contribution in [-0.4, -0.2) is 30.6 Å². The molecule has 3 nitrogen and oxygen atoms in total. The summed E-state index contributed by atoms with van der Waals surface area (Å²) in [6, 6.07) is 0.244. The van der Waals surface area contributed by atoms with Crippen molar-refractivity contribution in [1.82, 2.24) is 5.32 Å². The molecule has 0 aliphatic carbocycles. The fourth-order valence-electron chi connectivity index (χ4n) is 0.518. The number of nitrogens with one attached hydrogen (secondary N) is 1. The molecule has 0 amide bonds. The molecular weight excluding hydrogens is 245 g/mol. The fourth-order valence-corrected chi connectivity index (χ4v) is 1.27. The van der Waals surface area contributed by atoms with Crippen molar-refractivity contribution in [3.05, 3.63) is 0 Å². The zero-order valence-corrected chi connectivity index (χ0v) is 8.34. The van der Waals surface area contributed by atoms with Gasteiger partial charge in [0.1, 0.15) is 0 Å². The molecule has 0 aromatic carbocycles. The molecule has 0 fully saturated rings. The third kappa shape index (κ3) is 4.05. The summed E-state index contributed by atoms with van der Waals surface area (Å²) >= 11 is 2.23. The molecule has 0 spiro atoms. The molecule has 0 aliphatic rings. The van der Waals surface area contributed by atoms with Crippen LogP contribution in [-0.2, 0) is 9.53 Å². The van der Waals surface area contributed by atoms with Gasteiger partial charge in [0, 0.05) is 10.5 Å². The van der Waals surface area contributed by atoms with E-state index >= 15 is 0 Å². The molecule has 0 saturated carbocycles. The van der Waals surface area contributed by atoms with Gasteiger partial charge in [0.2, 0.25) is 0 Å². The third-order valence-electron chi connectivity index (χ3n) is 1.24. The van der Waals surface area contributed by atoms with Gasteiger partial charge in [-0.15, -0.1) is 0 Å². The van der Waals surface area contributed by atoms with E-state index in [1.165, 1.54) is 7.11 Å². The molecule has 0 unspecified atom stereocenters. The Bertz CT molecular complexity index is 104. The minimum absolute atomic E-state index is 0.156. The van der Waals surface area contributed by atoms with Crippen molar-refractivity contribution in [3.8, 4) is 0 Å². The van der Waals surface area contributed by atoms with Crippen LogP contribution in [0, 0.1) is 0 Å². The Hall–Kier alpha value is 0.160. The second-order valence-electron chi connectivity index (χ2n) is 1.92. The summed E-state index contributed by atoms with van der Waals surface area (Å²) in [6.07, 6.45) is 0.454. The zero-order chi connectivity index (χ0) is 7.98. The Labute approximate surface area is 74.7 Å². The van der Waals surface area contributed by atoms with Crippen molar-refractivity contribution in [2.45, 2.75) is 12.5 Å². The van der Waals surface area contributed by atoms with Crippen molar-refractivity contribution in [1.29, 1.82) is 0 Å². The summed E-state index contributed by atoms with van der Waals surface area (Å²) in [6.45, 7) is 0. The maximum atomic E-state index is 10.7. The molecule has 1 atom stereocenters. The first-order valence-electron chi connectivity index (χ1n) is 3.04. The van der Waals surface area contributed by atoms with E-state index in [9.17, 15) is 4.79 Å². The van der Waals surface area contributed by atoms with Crippen molar-refractivity contribution in [2.75, 3.05) is 18.6 Å². The predicted molar refractivity (Wildman–Crippen MR) is 48.4 cm³/mol. The molecule has 0 aliphatic heterocycles. The molecule has 1 N–H and O–H groups in total. The first-order chi connectivity index (χ1) is 4.74. The minimum Gasteiger partial charge on any atom is -0.469 e. The van der Waals surface area contributed by atoms with E-state index in [1.807, 2.05) is 7.05 Å². The van der Waals surface area contributed by atoms with Gasteiger partial charge < -0.3 is 10.1 Å². The number of hydrogen-bond donors (Lipinski definition) is 1. The second kappa shape index (κ2) is 5.91. The standard InChI is InChI=1S/C6H12INO2/c1-8-5(4-7)3-6(9)10-2/h5,8H,3-4H2,1-2H3/t5-/m1/s1. The average Bonchev–Trinajstić information content (AvgIpc) is 1.99. The van der Waals surface area contributed by atoms with Gasteiger partial charge in [0.05, 0.1) is 13.5 Å². The quantitative estimate of drug-likeness (QED) is 0.454. The van der Waals surface area contributed by atoms with Crippen LogP contribution in [0.2, 0.25) is 0 Å². The van der Waals surface area contributed by atoms with E-state index in [2.05, 4.69) is 32.6 Å². The minimum atomic E-state index is -0.156. The van der Waals surface area contributed by atoms with Gasteiger partial charge in [0.15, 0.2) is 0 Å². The smallest absolute Gasteiger partial charge is 0.307 e. The molecule has 4 heteroatoms. The first-order valence-corrected chi connectivity index (χ1v) is 4.57. The monoisotopic (exact) mass is 257 g/mol. The zero-order valence-electron chi connectivity index (χ0n) is 6.19. The number of methoxy groups -OCH3 is 1. The number of hydrogen-bond acceptors (Lipinski definition) is 3. The van der Waals surface area contributed by atoms with E-state index < -0.39 is 0 Å². The Balaban J connectivity index is 3.52. The summed E-state index contributed by atoms with van der Waals surface area (Å²) in [7, 11) is 3.24. The molecule has 10 heavy (non-hydrogen) atoms. The topological polar surface area (TPSA) is 38.3 Å². The Morgan fingerprint density at radius 1 is 1.80 bits per heavy atom. The molecule has 0 bridgehead atoms. The van der Waals surface area contributed by atoms with E-state index in [0.717, 1.165) is 4.43 Å². The molecule has 0 radical (unpaired) electrons. The molecule has 0 aromatic rings. The van der Waals surface area contributed by atoms with Gasteiger partial charge in [0.25, 0.3) is 0 Å². The lowest BCUT2D eigenvalue weighted by Crippen LogP contribution is -2.29. The lowest BCUT2D eigenvalue weighted by molar-refractivity contribution is -0.141. The molecule has 60 valence electrons. The largest absolute Gasteiger partial charge is 0.469 e. The number of alkyl halides is 1. The van der Waals surface area contributed by atoms with Gasteiger partial charge in [-0.3, -0.25) is 4.79 Å². The molecular formula is C6H12INO2. The summed E-state index contributed by atoms with van der Waals surface area (Å²) in [4.78, 5) is 10.7. The Morgan fingerprint density at radius 2 is 2.40 bits per heavy atom. The van der Waals surface area contributed by atoms with Crippen molar-refractivity contribution < 1.29 is 9.53 Å². The summed E-state index contributed by atoms with van der Waals surface area (Å²) < 4.78 is 5.42. The lowest BCUT2D eigenvalue weighted by atomic mass is 10.2. The van der Waals surface area contributed by atoms with Crippen LogP contribution in [0.5, 0.6) is 0 Å². The number of ether oxygens (including phenoxy) is 1. The maximum absolute atomic E-state index is 10.7. The summed E-state index contributed by atoms with van der Waals surface area (Å²) in [5.74, 6) is -0.156. The van der Waals surface area contributed by atoms with Gasteiger partial charge >= 0.3 is 5.97 Å². The van der Waals surface area contributed by atoms with Crippen LogP contribution in [0.15, 0.2) is 0 Å². The first kappa shape index (κ1) is 10.2. The van der Waals surface area contributed by atoms with Crippen molar-refractivity contribution in [2.24, 2.45) is 0 Å². The Morgan fingerprint density at radius 3 is 2.70 bits per heavy atom. The number of carbonyl (C=O) groups excluding carboxylic acids is 1. The normalized spacial score (nSPS) is 12.7. The van der Waals surface area contributed by atoms with Crippen molar-refractivity contribution >= 4 is 28.6 Å². The highest BCUT2D eigenvalue weighted by molar-refractivity contribution is 14.1. The van der Waals surface area contributed by atoms with Crippen LogP contribution in [0.1, 0.15) is 6.42 Å². The van der Waals surface area contributed by atoms with Crippen LogP contribution >= 0.6 is 22.6 Å². The van der Waals surface area contributed by atoms with Crippen LogP contribution in [0.3, 0.4) is 0 Å². The molecule has 0 saturated heterocycles. The van der Waals surface area contributed by atoms with Crippen LogP contribution < -0.4 is 5.32 Å². The van der Waals surface area contributed by atoms with E-state index in [4.69, 9.17) is 0 Å². The van der Waals surface area contributed by atoms with Gasteiger partial charge in [-0.25, -0.2) is 0 Å². The fraction of sp³-hybridized carbons (Fsp3) is 0.833. The second-order valence-corrected chi connectivity index (χ2v) is 2.80. The number of carbonyl (C=O) groups is 1. The van der Waals surface area contributed by atoms with E-state index in [1.54, 1.807) is 0 Å². The summed E-state index contributed by atoms with van der Waals surface area (Å²) in [5.41, 5.74) is 0. The molecule has 0 rings (SSSR count).